The van der Waals surface area contributed by atoms with Crippen molar-refractivity contribution < 1.29 is 9.59 Å². The highest BCUT2D eigenvalue weighted by Crippen LogP contribution is 2.28. The second-order valence-corrected chi connectivity index (χ2v) is 5.25. The standard InChI is InChI=1S/C12H23N3O2/c1-9(2)14-10(16)8-15(3)11(17)12(13)6-4-5-7-12/h9H,4-8,13H2,1-3H3,(H,14,16). The zero-order valence-electron chi connectivity index (χ0n) is 11.0. The molecule has 98 valence electrons. The summed E-state index contributed by atoms with van der Waals surface area (Å²) in [5.41, 5.74) is 5.31. The molecule has 5 nitrogen and oxygen atoms in total. The number of nitrogens with one attached hydrogen (secondary N) is 1. The topological polar surface area (TPSA) is 75.4 Å². The van der Waals surface area contributed by atoms with Crippen LogP contribution in [-0.4, -0.2) is 41.9 Å². The molecule has 5 heteroatoms. The number of nitrogens with zero attached hydrogens (tertiary/aromatic N) is 1. The first-order chi connectivity index (χ1) is 7.85. The van der Waals surface area contributed by atoms with Gasteiger partial charge >= 0.3 is 0 Å². The summed E-state index contributed by atoms with van der Waals surface area (Å²) in [4.78, 5) is 25.1. The van der Waals surface area contributed by atoms with Crippen molar-refractivity contribution in [3.63, 3.8) is 0 Å². The van der Waals surface area contributed by atoms with E-state index in [9.17, 15) is 9.59 Å². The Morgan fingerprint density at radius 1 is 1.35 bits per heavy atom. The minimum absolute atomic E-state index is 0.0793. The molecule has 0 aromatic rings. The lowest BCUT2D eigenvalue weighted by atomic mass is 9.97. The Morgan fingerprint density at radius 2 is 1.88 bits per heavy atom. The predicted octanol–water partition coefficient (Wildman–Crippen LogP) is 0.241. The lowest BCUT2D eigenvalue weighted by Gasteiger charge is -2.28. The van der Waals surface area contributed by atoms with E-state index in [2.05, 4.69) is 5.32 Å². The van der Waals surface area contributed by atoms with Crippen LogP contribution in [0, 0.1) is 0 Å². The largest absolute Gasteiger partial charge is 0.352 e. The highest BCUT2D eigenvalue weighted by Gasteiger charge is 2.39. The molecule has 0 aromatic heterocycles. The van der Waals surface area contributed by atoms with Gasteiger partial charge in [-0.2, -0.15) is 0 Å². The summed E-state index contributed by atoms with van der Waals surface area (Å²) < 4.78 is 0. The maximum atomic E-state index is 12.1. The first-order valence-corrected chi connectivity index (χ1v) is 6.19. The van der Waals surface area contributed by atoms with Crippen molar-refractivity contribution in [1.82, 2.24) is 10.2 Å². The van der Waals surface area contributed by atoms with Crippen molar-refractivity contribution >= 4 is 11.8 Å². The molecule has 0 aromatic carbocycles. The molecule has 0 heterocycles. The summed E-state index contributed by atoms with van der Waals surface area (Å²) in [7, 11) is 1.63. The Labute approximate surface area is 103 Å². The van der Waals surface area contributed by atoms with E-state index in [1.807, 2.05) is 13.8 Å². The van der Waals surface area contributed by atoms with E-state index >= 15 is 0 Å². The second-order valence-electron chi connectivity index (χ2n) is 5.25. The molecule has 0 unspecified atom stereocenters. The minimum atomic E-state index is -0.743. The zero-order chi connectivity index (χ0) is 13.1. The van der Waals surface area contributed by atoms with Crippen LogP contribution in [0.2, 0.25) is 0 Å². The molecule has 3 N–H and O–H groups in total. The van der Waals surface area contributed by atoms with E-state index in [0.717, 1.165) is 25.7 Å². The van der Waals surface area contributed by atoms with Gasteiger partial charge in [-0.15, -0.1) is 0 Å². The molecule has 1 rings (SSSR count). The van der Waals surface area contributed by atoms with Crippen molar-refractivity contribution in [3.05, 3.63) is 0 Å². The van der Waals surface area contributed by atoms with Crippen molar-refractivity contribution in [2.75, 3.05) is 13.6 Å². The van der Waals surface area contributed by atoms with Crippen molar-refractivity contribution in [2.24, 2.45) is 5.73 Å². The van der Waals surface area contributed by atoms with E-state index in [1.54, 1.807) is 7.05 Å². The third-order valence-electron chi connectivity index (χ3n) is 3.10. The summed E-state index contributed by atoms with van der Waals surface area (Å²) in [6, 6.07) is 0.0873. The normalized spacial score (nSPS) is 18.2. The predicted molar refractivity (Wildman–Crippen MR) is 66.3 cm³/mol. The van der Waals surface area contributed by atoms with Crippen molar-refractivity contribution in [1.29, 1.82) is 0 Å². The number of likely N-dealkylation sites (N-methyl/N-ethyl adjacent to an activating group) is 1. The quantitative estimate of drug-likeness (QED) is 0.740. The van der Waals surface area contributed by atoms with Crippen LogP contribution >= 0.6 is 0 Å². The molecule has 0 spiro atoms. The number of nitrogens with two attached hydrogens (primary N) is 1. The van der Waals surface area contributed by atoms with Crippen LogP contribution < -0.4 is 11.1 Å². The van der Waals surface area contributed by atoms with Crippen LogP contribution in [0.5, 0.6) is 0 Å². The molecular formula is C12H23N3O2. The summed E-state index contributed by atoms with van der Waals surface area (Å²) in [5.74, 6) is -0.258. The Bertz CT molecular complexity index is 296. The average molecular weight is 241 g/mol. The smallest absolute Gasteiger partial charge is 0.242 e. The van der Waals surface area contributed by atoms with Crippen LogP contribution in [0.3, 0.4) is 0 Å². The summed E-state index contributed by atoms with van der Waals surface area (Å²) >= 11 is 0. The van der Waals surface area contributed by atoms with Crippen LogP contribution in [-0.2, 0) is 9.59 Å². The molecule has 17 heavy (non-hydrogen) atoms. The van der Waals surface area contributed by atoms with Gasteiger partial charge < -0.3 is 16.0 Å². The fourth-order valence-electron chi connectivity index (χ4n) is 2.25. The summed E-state index contributed by atoms with van der Waals surface area (Å²) in [6.45, 7) is 3.86. The van der Waals surface area contributed by atoms with E-state index in [1.165, 1.54) is 4.90 Å². The molecule has 0 saturated heterocycles. The third kappa shape index (κ3) is 3.70. The summed E-state index contributed by atoms with van der Waals surface area (Å²) in [6.07, 6.45) is 3.44. The average Bonchev–Trinajstić information content (AvgIpc) is 2.63. The Hall–Kier alpha value is -1.10. The molecular weight excluding hydrogens is 218 g/mol. The van der Waals surface area contributed by atoms with Gasteiger partial charge in [0.25, 0.3) is 0 Å². The number of hydrogen-bond acceptors (Lipinski definition) is 3. The van der Waals surface area contributed by atoms with E-state index in [4.69, 9.17) is 5.73 Å². The van der Waals surface area contributed by atoms with Crippen molar-refractivity contribution in [2.45, 2.75) is 51.1 Å². The van der Waals surface area contributed by atoms with Crippen molar-refractivity contribution in [3.8, 4) is 0 Å². The number of carbonyl (C=O) groups is 2. The van der Waals surface area contributed by atoms with Gasteiger partial charge in [0.15, 0.2) is 0 Å². The van der Waals surface area contributed by atoms with E-state index in [-0.39, 0.29) is 24.4 Å². The van der Waals surface area contributed by atoms with Gasteiger partial charge in [0.05, 0.1) is 12.1 Å². The monoisotopic (exact) mass is 241 g/mol. The lowest BCUT2D eigenvalue weighted by molar-refractivity contribution is -0.139. The molecule has 1 fully saturated rings. The molecule has 0 radical (unpaired) electrons. The Balaban J connectivity index is 2.49. The SMILES string of the molecule is CC(C)NC(=O)CN(C)C(=O)C1(N)CCCC1. The third-order valence-corrected chi connectivity index (χ3v) is 3.10. The van der Waals surface area contributed by atoms with E-state index in [0.29, 0.717) is 0 Å². The maximum Gasteiger partial charge on any atom is 0.242 e. The minimum Gasteiger partial charge on any atom is -0.352 e. The van der Waals surface area contributed by atoms with E-state index < -0.39 is 5.54 Å². The first-order valence-electron chi connectivity index (χ1n) is 6.19. The lowest BCUT2D eigenvalue weighted by Crippen LogP contribution is -2.54. The highest BCUT2D eigenvalue weighted by atomic mass is 16.2. The van der Waals surface area contributed by atoms with Crippen LogP contribution in [0.15, 0.2) is 0 Å². The molecule has 0 bridgehead atoms. The number of carbonyl (C=O) groups excluding carboxylic acids is 2. The molecule has 0 aliphatic heterocycles. The Morgan fingerprint density at radius 3 is 2.35 bits per heavy atom. The van der Waals surface area contributed by atoms with Gasteiger partial charge in [0.2, 0.25) is 11.8 Å². The molecule has 1 aliphatic rings. The second kappa shape index (κ2) is 5.49. The maximum absolute atomic E-state index is 12.1. The molecule has 0 atom stereocenters. The van der Waals surface area contributed by atoms with Gasteiger partial charge in [-0.05, 0) is 26.7 Å². The van der Waals surface area contributed by atoms with Gasteiger partial charge in [-0.3, -0.25) is 9.59 Å². The molecule has 1 saturated carbocycles. The number of hydrogen-bond donors (Lipinski definition) is 2. The Kier molecular flexibility index (Phi) is 4.51. The zero-order valence-corrected chi connectivity index (χ0v) is 11.0. The van der Waals surface area contributed by atoms with Gasteiger partial charge in [0.1, 0.15) is 0 Å². The van der Waals surface area contributed by atoms with Gasteiger partial charge in [-0.25, -0.2) is 0 Å². The fourth-order valence-corrected chi connectivity index (χ4v) is 2.25. The van der Waals surface area contributed by atoms with Crippen LogP contribution in [0.1, 0.15) is 39.5 Å². The molecule has 1 aliphatic carbocycles. The highest BCUT2D eigenvalue weighted by molar-refractivity contribution is 5.90. The first kappa shape index (κ1) is 14.0. The fraction of sp³-hybridized carbons (Fsp3) is 0.833. The van der Waals surface area contributed by atoms with Gasteiger partial charge in [-0.1, -0.05) is 12.8 Å². The van der Waals surface area contributed by atoms with Crippen LogP contribution in [0.25, 0.3) is 0 Å². The number of rotatable bonds is 4. The number of amides is 2. The molecule has 2 amide bonds. The summed E-state index contributed by atoms with van der Waals surface area (Å²) in [5, 5.41) is 2.76. The van der Waals surface area contributed by atoms with Gasteiger partial charge in [0, 0.05) is 13.1 Å². The van der Waals surface area contributed by atoms with Crippen LogP contribution in [0.4, 0.5) is 0 Å².